The maximum Gasteiger partial charge on any atom is 0.126 e. The zero-order valence-electron chi connectivity index (χ0n) is 11.4. The highest BCUT2D eigenvalue weighted by Gasteiger charge is 2.21. The Labute approximate surface area is 114 Å². The smallest absolute Gasteiger partial charge is 0.126 e. The van der Waals surface area contributed by atoms with Crippen molar-refractivity contribution in [3.8, 4) is 0 Å². The molecule has 1 heterocycles. The van der Waals surface area contributed by atoms with Gasteiger partial charge in [-0.2, -0.15) is 0 Å². The molecule has 2 heteroatoms. The second-order valence-corrected chi connectivity index (χ2v) is 5.48. The molecule has 0 amide bonds. The first-order chi connectivity index (χ1) is 9.25. The minimum Gasteiger partial charge on any atom is -0.383 e. The van der Waals surface area contributed by atoms with Crippen LogP contribution in [0, 0.1) is 6.92 Å². The molecule has 0 aliphatic heterocycles. The quantitative estimate of drug-likeness (QED) is 0.886. The lowest BCUT2D eigenvalue weighted by Gasteiger charge is -2.26. The first-order valence-electron chi connectivity index (χ1n) is 7.03. The van der Waals surface area contributed by atoms with Crippen molar-refractivity contribution >= 4 is 5.82 Å². The predicted octanol–water partition coefficient (Wildman–Crippen LogP) is 3.63. The number of benzene rings is 1. The van der Waals surface area contributed by atoms with Gasteiger partial charge in [0.05, 0.1) is 0 Å². The van der Waals surface area contributed by atoms with E-state index in [-0.39, 0.29) is 0 Å². The van der Waals surface area contributed by atoms with Crippen LogP contribution in [0.15, 0.2) is 36.5 Å². The average molecular weight is 252 g/mol. The van der Waals surface area contributed by atoms with Crippen LogP contribution < -0.4 is 5.73 Å². The molecule has 98 valence electrons. The Bertz CT molecular complexity index is 569. The highest BCUT2D eigenvalue weighted by molar-refractivity contribution is 5.46. The molecule has 2 nitrogen and oxygen atoms in total. The third-order valence-electron chi connectivity index (χ3n) is 4.27. The van der Waals surface area contributed by atoms with E-state index in [0.29, 0.717) is 11.7 Å². The number of hydrogen-bond donors (Lipinski definition) is 1. The van der Waals surface area contributed by atoms with Gasteiger partial charge in [-0.15, -0.1) is 0 Å². The third-order valence-corrected chi connectivity index (χ3v) is 4.27. The molecule has 1 aliphatic carbocycles. The van der Waals surface area contributed by atoms with Crippen LogP contribution in [0.2, 0.25) is 0 Å². The van der Waals surface area contributed by atoms with Crippen molar-refractivity contribution in [2.45, 2.75) is 38.5 Å². The zero-order valence-corrected chi connectivity index (χ0v) is 11.4. The van der Waals surface area contributed by atoms with Crippen LogP contribution in [-0.4, -0.2) is 4.98 Å². The molecule has 1 atom stereocenters. The van der Waals surface area contributed by atoms with Gasteiger partial charge < -0.3 is 5.73 Å². The number of anilines is 1. The van der Waals surface area contributed by atoms with Crippen LogP contribution in [0.5, 0.6) is 0 Å². The normalized spacial score (nSPS) is 18.1. The molecular formula is C17H20N2. The van der Waals surface area contributed by atoms with E-state index >= 15 is 0 Å². The van der Waals surface area contributed by atoms with Gasteiger partial charge in [0, 0.05) is 6.20 Å². The van der Waals surface area contributed by atoms with Gasteiger partial charge in [-0.3, -0.25) is 0 Å². The molecule has 1 aromatic heterocycles. The van der Waals surface area contributed by atoms with Gasteiger partial charge >= 0.3 is 0 Å². The molecule has 2 N–H and O–H groups in total. The Kier molecular flexibility index (Phi) is 3.24. The first-order valence-corrected chi connectivity index (χ1v) is 7.03. The van der Waals surface area contributed by atoms with E-state index in [9.17, 15) is 0 Å². The van der Waals surface area contributed by atoms with E-state index in [2.05, 4.69) is 42.2 Å². The Morgan fingerprint density at radius 3 is 2.95 bits per heavy atom. The molecule has 0 fully saturated rings. The van der Waals surface area contributed by atoms with Crippen molar-refractivity contribution in [2.24, 2.45) is 0 Å². The van der Waals surface area contributed by atoms with Crippen LogP contribution in [-0.2, 0) is 12.8 Å². The second-order valence-electron chi connectivity index (χ2n) is 5.48. The minimum absolute atomic E-state index is 0.593. The Hall–Kier alpha value is -1.83. The number of aryl methyl sites for hydroxylation is 2. The Balaban J connectivity index is 1.93. The summed E-state index contributed by atoms with van der Waals surface area (Å²) in [5.41, 5.74) is 11.6. The van der Waals surface area contributed by atoms with Crippen LogP contribution in [0.4, 0.5) is 5.82 Å². The summed E-state index contributed by atoms with van der Waals surface area (Å²) in [4.78, 5) is 4.24. The topological polar surface area (TPSA) is 38.9 Å². The van der Waals surface area contributed by atoms with E-state index in [4.69, 9.17) is 5.73 Å². The molecule has 1 aliphatic rings. The second kappa shape index (κ2) is 5.04. The van der Waals surface area contributed by atoms with Gasteiger partial charge in [-0.05, 0) is 66.8 Å². The number of fused-ring (bicyclic) bond motifs is 1. The number of nitrogen functional groups attached to an aromatic ring is 1. The molecule has 0 saturated heterocycles. The van der Waals surface area contributed by atoms with Crippen LogP contribution >= 0.6 is 0 Å². The highest BCUT2D eigenvalue weighted by atomic mass is 14.8. The molecule has 1 aromatic carbocycles. The third kappa shape index (κ3) is 2.35. The van der Waals surface area contributed by atoms with Gasteiger partial charge in [-0.25, -0.2) is 4.98 Å². The first kappa shape index (κ1) is 12.2. The Morgan fingerprint density at radius 1 is 1.26 bits per heavy atom. The van der Waals surface area contributed by atoms with Crippen molar-refractivity contribution in [1.29, 1.82) is 0 Å². The SMILES string of the molecule is Cc1ccnc(N)c1CC1CCCc2ccccc21. The van der Waals surface area contributed by atoms with E-state index < -0.39 is 0 Å². The summed E-state index contributed by atoms with van der Waals surface area (Å²) in [6, 6.07) is 10.9. The van der Waals surface area contributed by atoms with Crippen molar-refractivity contribution in [2.75, 3.05) is 5.73 Å². The number of nitrogens with zero attached hydrogens (tertiary/aromatic N) is 1. The molecule has 0 saturated carbocycles. The maximum absolute atomic E-state index is 6.05. The maximum atomic E-state index is 6.05. The summed E-state index contributed by atoms with van der Waals surface area (Å²) in [6.07, 6.45) is 6.56. The van der Waals surface area contributed by atoms with E-state index in [1.165, 1.54) is 41.5 Å². The zero-order chi connectivity index (χ0) is 13.2. The van der Waals surface area contributed by atoms with Crippen molar-refractivity contribution in [1.82, 2.24) is 4.98 Å². The fourth-order valence-electron chi connectivity index (χ4n) is 3.19. The average Bonchev–Trinajstić information content (AvgIpc) is 2.43. The Morgan fingerprint density at radius 2 is 2.11 bits per heavy atom. The molecule has 19 heavy (non-hydrogen) atoms. The highest BCUT2D eigenvalue weighted by Crippen LogP contribution is 2.35. The fourth-order valence-corrected chi connectivity index (χ4v) is 3.19. The van der Waals surface area contributed by atoms with Crippen LogP contribution in [0.3, 0.4) is 0 Å². The van der Waals surface area contributed by atoms with Gasteiger partial charge in [0.25, 0.3) is 0 Å². The van der Waals surface area contributed by atoms with Crippen molar-refractivity contribution < 1.29 is 0 Å². The summed E-state index contributed by atoms with van der Waals surface area (Å²) >= 11 is 0. The van der Waals surface area contributed by atoms with Gasteiger partial charge in [0.2, 0.25) is 0 Å². The van der Waals surface area contributed by atoms with Crippen LogP contribution in [0.1, 0.15) is 41.0 Å². The van der Waals surface area contributed by atoms with Crippen molar-refractivity contribution in [3.63, 3.8) is 0 Å². The summed E-state index contributed by atoms with van der Waals surface area (Å²) in [5, 5.41) is 0. The standard InChI is InChI=1S/C17H20N2/c1-12-9-10-19-17(18)16(12)11-14-7-4-6-13-5-2-3-8-15(13)14/h2-3,5,8-10,14H,4,6-7,11H2,1H3,(H2,18,19). The minimum atomic E-state index is 0.593. The lowest BCUT2D eigenvalue weighted by molar-refractivity contribution is 0.550. The fraction of sp³-hybridized carbons (Fsp3) is 0.353. The number of aromatic nitrogens is 1. The molecule has 3 rings (SSSR count). The van der Waals surface area contributed by atoms with Crippen molar-refractivity contribution in [3.05, 3.63) is 58.8 Å². The number of hydrogen-bond acceptors (Lipinski definition) is 2. The van der Waals surface area contributed by atoms with Gasteiger partial charge in [0.15, 0.2) is 0 Å². The lowest BCUT2D eigenvalue weighted by Crippen LogP contribution is -2.14. The lowest BCUT2D eigenvalue weighted by atomic mass is 9.79. The summed E-state index contributed by atoms with van der Waals surface area (Å²) in [5.74, 6) is 1.29. The molecule has 0 spiro atoms. The summed E-state index contributed by atoms with van der Waals surface area (Å²) in [6.45, 7) is 2.13. The number of pyridine rings is 1. The summed E-state index contributed by atoms with van der Waals surface area (Å²) in [7, 11) is 0. The summed E-state index contributed by atoms with van der Waals surface area (Å²) < 4.78 is 0. The van der Waals surface area contributed by atoms with E-state index in [0.717, 1.165) is 6.42 Å². The number of rotatable bonds is 2. The number of nitrogens with two attached hydrogens (primary N) is 1. The van der Waals surface area contributed by atoms with Crippen LogP contribution in [0.25, 0.3) is 0 Å². The molecular weight excluding hydrogens is 232 g/mol. The predicted molar refractivity (Wildman–Crippen MR) is 79.2 cm³/mol. The largest absolute Gasteiger partial charge is 0.383 e. The molecule has 0 radical (unpaired) electrons. The monoisotopic (exact) mass is 252 g/mol. The molecule has 2 aromatic rings. The molecule has 0 bridgehead atoms. The van der Waals surface area contributed by atoms with E-state index in [1.807, 2.05) is 0 Å². The van der Waals surface area contributed by atoms with Gasteiger partial charge in [0.1, 0.15) is 5.82 Å². The van der Waals surface area contributed by atoms with E-state index in [1.54, 1.807) is 6.20 Å². The van der Waals surface area contributed by atoms with Gasteiger partial charge in [-0.1, -0.05) is 24.3 Å². The molecule has 1 unspecified atom stereocenters.